The van der Waals surface area contributed by atoms with Crippen molar-refractivity contribution in [3.8, 4) is 22.8 Å². The van der Waals surface area contributed by atoms with Crippen LogP contribution in [0.4, 0.5) is 5.82 Å². The standard InChI is InChI=1S/C24H23N5O2/c1-2-11-31-20-13-17(8-10-19(20)30)22-21-23(25)26-14-27-24(21)29(28-22)18-9-7-15-5-3-4-6-16(15)12-18/h2-6,8,10,13-14,18,30H,1,7,9,11-12H2,(H2,25,26,27). The average Bonchev–Trinajstić information content (AvgIpc) is 3.19. The molecule has 0 fully saturated rings. The van der Waals surface area contributed by atoms with Gasteiger partial charge >= 0.3 is 0 Å². The molecule has 0 saturated heterocycles. The fraction of sp³-hybridized carbons (Fsp3) is 0.208. The second-order valence-electron chi connectivity index (χ2n) is 7.70. The Morgan fingerprint density at radius 1 is 1.19 bits per heavy atom. The second-order valence-corrected chi connectivity index (χ2v) is 7.70. The number of nitrogens with zero attached hydrogens (tertiary/aromatic N) is 4. The van der Waals surface area contributed by atoms with Gasteiger partial charge in [-0.1, -0.05) is 36.9 Å². The molecule has 4 aromatic rings. The summed E-state index contributed by atoms with van der Waals surface area (Å²) in [4.78, 5) is 8.72. The summed E-state index contributed by atoms with van der Waals surface area (Å²) in [5.74, 6) is 0.800. The highest BCUT2D eigenvalue weighted by atomic mass is 16.5. The van der Waals surface area contributed by atoms with E-state index in [0.717, 1.165) is 24.8 Å². The van der Waals surface area contributed by atoms with Gasteiger partial charge in [0.15, 0.2) is 17.1 Å². The molecule has 3 N–H and O–H groups in total. The van der Waals surface area contributed by atoms with Crippen LogP contribution >= 0.6 is 0 Å². The lowest BCUT2D eigenvalue weighted by Gasteiger charge is -2.25. The summed E-state index contributed by atoms with van der Waals surface area (Å²) in [6.07, 6.45) is 5.96. The van der Waals surface area contributed by atoms with Crippen molar-refractivity contribution in [2.75, 3.05) is 12.3 Å². The Labute approximate surface area is 179 Å². The van der Waals surface area contributed by atoms with Crippen molar-refractivity contribution in [3.05, 3.63) is 72.6 Å². The van der Waals surface area contributed by atoms with Gasteiger partial charge in [0.1, 0.15) is 24.4 Å². The first-order valence-electron chi connectivity index (χ1n) is 10.3. The Morgan fingerprint density at radius 2 is 2.03 bits per heavy atom. The number of phenolic OH excluding ortho intramolecular Hbond substituents is 1. The Morgan fingerprint density at radius 3 is 2.87 bits per heavy atom. The molecule has 5 rings (SSSR count). The van der Waals surface area contributed by atoms with Gasteiger partial charge in [-0.15, -0.1) is 0 Å². The quantitative estimate of drug-likeness (QED) is 0.479. The Kier molecular flexibility index (Phi) is 4.78. The Balaban J connectivity index is 1.62. The number of hydrogen-bond acceptors (Lipinski definition) is 6. The van der Waals surface area contributed by atoms with E-state index in [0.29, 0.717) is 34.9 Å². The van der Waals surface area contributed by atoms with Crippen LogP contribution < -0.4 is 10.5 Å². The maximum Gasteiger partial charge on any atom is 0.164 e. The van der Waals surface area contributed by atoms with Gasteiger partial charge in [-0.2, -0.15) is 5.10 Å². The maximum absolute atomic E-state index is 10.1. The van der Waals surface area contributed by atoms with E-state index in [-0.39, 0.29) is 11.8 Å². The van der Waals surface area contributed by atoms with Crippen LogP contribution in [0.15, 0.2) is 61.4 Å². The summed E-state index contributed by atoms with van der Waals surface area (Å²) < 4.78 is 7.57. The van der Waals surface area contributed by atoms with E-state index in [1.54, 1.807) is 24.3 Å². The highest BCUT2D eigenvalue weighted by molar-refractivity contribution is 5.98. The van der Waals surface area contributed by atoms with E-state index >= 15 is 0 Å². The molecule has 0 bridgehead atoms. The number of aromatic nitrogens is 4. The zero-order valence-electron chi connectivity index (χ0n) is 17.0. The third kappa shape index (κ3) is 3.38. The summed E-state index contributed by atoms with van der Waals surface area (Å²) in [7, 11) is 0. The number of benzene rings is 2. The van der Waals surface area contributed by atoms with Crippen molar-refractivity contribution >= 4 is 16.9 Å². The molecule has 0 spiro atoms. The Bertz CT molecular complexity index is 1280. The van der Waals surface area contributed by atoms with Gasteiger partial charge in [-0.05, 0) is 48.6 Å². The predicted molar refractivity (Wildman–Crippen MR) is 120 cm³/mol. The molecule has 0 amide bonds. The fourth-order valence-electron chi connectivity index (χ4n) is 4.27. The topological polar surface area (TPSA) is 99.1 Å². The predicted octanol–water partition coefficient (Wildman–Crippen LogP) is 4.08. The molecular weight excluding hydrogens is 390 g/mol. The first kappa shape index (κ1) is 19.1. The molecule has 156 valence electrons. The molecule has 7 nitrogen and oxygen atoms in total. The minimum atomic E-state index is 0.0578. The molecule has 1 atom stereocenters. The summed E-state index contributed by atoms with van der Waals surface area (Å²) in [5.41, 5.74) is 11.2. The van der Waals surface area contributed by atoms with Crippen LogP contribution in [0, 0.1) is 0 Å². The van der Waals surface area contributed by atoms with Crippen molar-refractivity contribution in [2.45, 2.75) is 25.3 Å². The SMILES string of the molecule is C=CCOc1cc(-c2nn(C3CCc4ccccc4C3)c3ncnc(N)c23)ccc1O. The van der Waals surface area contributed by atoms with Crippen molar-refractivity contribution in [2.24, 2.45) is 0 Å². The van der Waals surface area contributed by atoms with Crippen molar-refractivity contribution < 1.29 is 9.84 Å². The summed E-state index contributed by atoms with van der Waals surface area (Å²) >= 11 is 0. The molecule has 2 aromatic heterocycles. The molecule has 7 heteroatoms. The second kappa shape index (κ2) is 7.75. The molecule has 2 heterocycles. The molecule has 0 radical (unpaired) electrons. The van der Waals surface area contributed by atoms with E-state index in [2.05, 4.69) is 40.8 Å². The molecular formula is C24H23N5O2. The number of phenols is 1. The molecule has 31 heavy (non-hydrogen) atoms. The number of rotatable bonds is 5. The van der Waals surface area contributed by atoms with E-state index < -0.39 is 0 Å². The highest BCUT2D eigenvalue weighted by Crippen LogP contribution is 2.38. The summed E-state index contributed by atoms with van der Waals surface area (Å²) in [6.45, 7) is 3.94. The minimum absolute atomic E-state index is 0.0578. The molecule has 1 aliphatic carbocycles. The zero-order valence-corrected chi connectivity index (χ0v) is 17.0. The van der Waals surface area contributed by atoms with Crippen molar-refractivity contribution in [1.29, 1.82) is 0 Å². The number of nitrogen functional groups attached to an aromatic ring is 1. The van der Waals surface area contributed by atoms with Gasteiger partial charge < -0.3 is 15.6 Å². The number of aryl methyl sites for hydroxylation is 1. The van der Waals surface area contributed by atoms with Gasteiger partial charge in [0.25, 0.3) is 0 Å². The van der Waals surface area contributed by atoms with Gasteiger partial charge in [0.05, 0.1) is 11.4 Å². The van der Waals surface area contributed by atoms with E-state index in [9.17, 15) is 5.11 Å². The average molecular weight is 413 g/mol. The van der Waals surface area contributed by atoms with Crippen LogP contribution in [0.3, 0.4) is 0 Å². The van der Waals surface area contributed by atoms with E-state index in [4.69, 9.17) is 15.6 Å². The number of aromatic hydroxyl groups is 1. The molecule has 0 aliphatic heterocycles. The normalized spacial score (nSPS) is 15.5. The summed E-state index contributed by atoms with van der Waals surface area (Å²) in [5, 5.41) is 15.8. The smallest absolute Gasteiger partial charge is 0.164 e. The van der Waals surface area contributed by atoms with Gasteiger partial charge in [0, 0.05) is 5.56 Å². The highest BCUT2D eigenvalue weighted by Gasteiger charge is 2.26. The number of anilines is 1. The van der Waals surface area contributed by atoms with E-state index in [1.807, 2.05) is 4.68 Å². The minimum Gasteiger partial charge on any atom is -0.504 e. The van der Waals surface area contributed by atoms with Gasteiger partial charge in [0.2, 0.25) is 0 Å². The molecule has 0 saturated carbocycles. The fourth-order valence-corrected chi connectivity index (χ4v) is 4.27. The number of hydrogen-bond donors (Lipinski definition) is 2. The number of fused-ring (bicyclic) bond motifs is 2. The number of ether oxygens (including phenoxy) is 1. The third-order valence-corrected chi connectivity index (χ3v) is 5.77. The lowest BCUT2D eigenvalue weighted by atomic mass is 9.88. The van der Waals surface area contributed by atoms with Crippen molar-refractivity contribution in [3.63, 3.8) is 0 Å². The van der Waals surface area contributed by atoms with Crippen LogP contribution in [0.2, 0.25) is 0 Å². The molecule has 2 aromatic carbocycles. The van der Waals surface area contributed by atoms with Crippen LogP contribution in [0.25, 0.3) is 22.3 Å². The zero-order chi connectivity index (χ0) is 21.4. The largest absolute Gasteiger partial charge is 0.504 e. The first-order valence-corrected chi connectivity index (χ1v) is 10.3. The lowest BCUT2D eigenvalue weighted by molar-refractivity contribution is 0.336. The van der Waals surface area contributed by atoms with Crippen LogP contribution in [-0.2, 0) is 12.8 Å². The van der Waals surface area contributed by atoms with Gasteiger partial charge in [-0.25, -0.2) is 14.6 Å². The Hall–Kier alpha value is -3.87. The number of nitrogens with two attached hydrogens (primary N) is 1. The monoisotopic (exact) mass is 413 g/mol. The molecule has 1 unspecified atom stereocenters. The maximum atomic E-state index is 10.1. The summed E-state index contributed by atoms with van der Waals surface area (Å²) in [6, 6.07) is 13.9. The first-order chi connectivity index (χ1) is 15.2. The van der Waals surface area contributed by atoms with Gasteiger partial charge in [-0.3, -0.25) is 0 Å². The lowest BCUT2D eigenvalue weighted by Crippen LogP contribution is -2.20. The van der Waals surface area contributed by atoms with Crippen molar-refractivity contribution in [1.82, 2.24) is 19.7 Å². The van der Waals surface area contributed by atoms with Crippen LogP contribution in [0.5, 0.6) is 11.5 Å². The van der Waals surface area contributed by atoms with E-state index in [1.165, 1.54) is 17.5 Å². The molecule has 1 aliphatic rings. The van der Waals surface area contributed by atoms with Crippen LogP contribution in [0.1, 0.15) is 23.6 Å². The third-order valence-electron chi connectivity index (χ3n) is 5.77. The van der Waals surface area contributed by atoms with Crippen LogP contribution in [-0.4, -0.2) is 31.5 Å².